The van der Waals surface area contributed by atoms with Gasteiger partial charge < -0.3 is 4.90 Å². The first-order valence-corrected chi connectivity index (χ1v) is 18.2. The molecule has 10 rings (SSSR count). The smallest absolute Gasteiger partial charge is 0.0555 e. The summed E-state index contributed by atoms with van der Waals surface area (Å²) in [5, 5.41) is 7.65. The minimum absolute atomic E-state index is 1.15. The first-order valence-electron chi connectivity index (χ1n) is 16.6. The summed E-state index contributed by atoms with van der Waals surface area (Å²) in [6.45, 7) is 0. The maximum Gasteiger partial charge on any atom is 0.0555 e. The van der Waals surface area contributed by atoms with Gasteiger partial charge in [0.15, 0.2) is 0 Å². The molecule has 230 valence electrons. The van der Waals surface area contributed by atoms with E-state index in [-0.39, 0.29) is 0 Å². The highest BCUT2D eigenvalue weighted by Gasteiger charge is 2.25. The summed E-state index contributed by atoms with van der Waals surface area (Å²) in [7, 11) is 0. The average Bonchev–Trinajstić information content (AvgIpc) is 3.74. The quantitative estimate of drug-likeness (QED) is 0.178. The van der Waals surface area contributed by atoms with Crippen molar-refractivity contribution in [3.05, 3.63) is 176 Å². The molecule has 0 amide bonds. The summed E-state index contributed by atoms with van der Waals surface area (Å²) < 4.78 is 5.18. The Bertz CT molecular complexity index is 2720. The van der Waals surface area contributed by atoms with Gasteiger partial charge in [-0.05, 0) is 69.9 Å². The van der Waals surface area contributed by atoms with Crippen molar-refractivity contribution in [1.82, 2.24) is 0 Å². The van der Waals surface area contributed by atoms with Crippen molar-refractivity contribution in [3.8, 4) is 22.3 Å². The fourth-order valence-electron chi connectivity index (χ4n) is 7.50. The summed E-state index contributed by atoms with van der Waals surface area (Å²) in [4.78, 5) is 2.56. The van der Waals surface area contributed by atoms with Gasteiger partial charge in [0.25, 0.3) is 0 Å². The molecule has 8 aromatic carbocycles. The van der Waals surface area contributed by atoms with Crippen LogP contribution in [0.3, 0.4) is 0 Å². The largest absolute Gasteiger partial charge is 0.308 e. The van der Waals surface area contributed by atoms with Crippen molar-refractivity contribution in [2.24, 2.45) is 0 Å². The van der Waals surface area contributed by atoms with Crippen LogP contribution in [0.25, 0.3) is 73.4 Å². The molecule has 2 heterocycles. The lowest BCUT2D eigenvalue weighted by atomic mass is 9.93. The number of thiophene rings is 2. The highest BCUT2D eigenvalue weighted by atomic mass is 32.1. The molecule has 0 aliphatic heterocycles. The van der Waals surface area contributed by atoms with Gasteiger partial charge in [-0.3, -0.25) is 0 Å². The van der Waals surface area contributed by atoms with E-state index in [2.05, 4.69) is 181 Å². The molecule has 2 aromatic heterocycles. The second kappa shape index (κ2) is 11.5. The number of rotatable bonds is 5. The Morgan fingerprint density at radius 1 is 0.327 bits per heavy atom. The molecule has 0 bridgehead atoms. The molecule has 1 nitrogen and oxygen atoms in total. The predicted molar refractivity (Wildman–Crippen MR) is 215 cm³/mol. The molecule has 0 fully saturated rings. The van der Waals surface area contributed by atoms with Crippen LogP contribution in [-0.2, 0) is 0 Å². The zero-order chi connectivity index (χ0) is 32.3. The molecule has 3 heteroatoms. The zero-order valence-corrected chi connectivity index (χ0v) is 28.1. The van der Waals surface area contributed by atoms with Crippen molar-refractivity contribution >= 4 is 90.9 Å². The van der Waals surface area contributed by atoms with E-state index in [1.807, 2.05) is 22.7 Å². The minimum atomic E-state index is 1.15. The van der Waals surface area contributed by atoms with E-state index in [9.17, 15) is 0 Å². The molecule has 0 aliphatic carbocycles. The highest BCUT2D eigenvalue weighted by molar-refractivity contribution is 7.26. The molecular formula is C46H29NS2. The van der Waals surface area contributed by atoms with Crippen LogP contribution in [0.2, 0.25) is 0 Å². The Kier molecular flexibility index (Phi) is 6.61. The van der Waals surface area contributed by atoms with E-state index in [0.717, 1.165) is 5.69 Å². The first kappa shape index (κ1) is 28.3. The van der Waals surface area contributed by atoms with E-state index in [4.69, 9.17) is 0 Å². The van der Waals surface area contributed by atoms with Crippen LogP contribution >= 0.6 is 22.7 Å². The molecule has 0 unspecified atom stereocenters. The summed E-state index contributed by atoms with van der Waals surface area (Å²) in [5.41, 5.74) is 8.34. The van der Waals surface area contributed by atoms with Crippen LogP contribution in [0.15, 0.2) is 176 Å². The molecular weight excluding hydrogens is 631 g/mol. The van der Waals surface area contributed by atoms with Gasteiger partial charge >= 0.3 is 0 Å². The highest BCUT2D eigenvalue weighted by Crippen LogP contribution is 2.51. The fourth-order valence-corrected chi connectivity index (χ4v) is 9.75. The van der Waals surface area contributed by atoms with Crippen LogP contribution in [0.4, 0.5) is 17.1 Å². The number of nitrogens with zero attached hydrogens (tertiary/aromatic N) is 1. The van der Waals surface area contributed by atoms with Crippen LogP contribution in [0.1, 0.15) is 0 Å². The van der Waals surface area contributed by atoms with Gasteiger partial charge in [-0.1, -0.05) is 133 Å². The van der Waals surface area contributed by atoms with Crippen LogP contribution < -0.4 is 4.90 Å². The topological polar surface area (TPSA) is 3.24 Å². The first-order chi connectivity index (χ1) is 24.3. The lowest BCUT2D eigenvalue weighted by molar-refractivity contribution is 1.32. The monoisotopic (exact) mass is 659 g/mol. The molecule has 0 saturated carbocycles. The normalized spacial score (nSPS) is 11.7. The summed E-state index contributed by atoms with van der Waals surface area (Å²) in [6.07, 6.45) is 0. The third-order valence-electron chi connectivity index (χ3n) is 9.67. The van der Waals surface area contributed by atoms with Gasteiger partial charge in [0, 0.05) is 45.9 Å². The molecule has 49 heavy (non-hydrogen) atoms. The predicted octanol–water partition coefficient (Wildman–Crippen LogP) is 14.4. The van der Waals surface area contributed by atoms with Crippen LogP contribution in [-0.4, -0.2) is 0 Å². The Morgan fingerprint density at radius 3 is 1.53 bits per heavy atom. The third-order valence-corrected chi connectivity index (χ3v) is 11.9. The van der Waals surface area contributed by atoms with Gasteiger partial charge in [-0.25, -0.2) is 0 Å². The lowest BCUT2D eigenvalue weighted by Gasteiger charge is -2.30. The summed E-state index contributed by atoms with van der Waals surface area (Å²) in [5.74, 6) is 0. The number of anilines is 3. The SMILES string of the molecule is c1ccc(-c2ccc(-c3cccc4ccccc34)cc2N(c2cccc3sc4ccccc4c23)c2cccc3sc4ccccc4c23)cc1. The maximum absolute atomic E-state index is 2.56. The third kappa shape index (κ3) is 4.58. The maximum atomic E-state index is 2.56. The van der Waals surface area contributed by atoms with Crippen LogP contribution in [0, 0.1) is 0 Å². The van der Waals surface area contributed by atoms with Gasteiger partial charge in [0.2, 0.25) is 0 Å². The van der Waals surface area contributed by atoms with E-state index in [1.54, 1.807) is 0 Å². The van der Waals surface area contributed by atoms with E-state index < -0.39 is 0 Å². The second-order valence-corrected chi connectivity index (χ2v) is 14.6. The van der Waals surface area contributed by atoms with Crippen LogP contribution in [0.5, 0.6) is 0 Å². The molecule has 0 atom stereocenters. The van der Waals surface area contributed by atoms with Crippen molar-refractivity contribution in [1.29, 1.82) is 0 Å². The Morgan fingerprint density at radius 2 is 0.857 bits per heavy atom. The summed E-state index contributed by atoms with van der Waals surface area (Å²) in [6, 6.07) is 64.5. The second-order valence-electron chi connectivity index (χ2n) is 12.5. The minimum Gasteiger partial charge on any atom is -0.308 e. The Labute approximate surface area is 292 Å². The summed E-state index contributed by atoms with van der Waals surface area (Å²) >= 11 is 3.74. The zero-order valence-electron chi connectivity index (χ0n) is 26.5. The Balaban J connectivity index is 1.36. The van der Waals surface area contributed by atoms with E-state index in [0.29, 0.717) is 0 Å². The number of hydrogen-bond acceptors (Lipinski definition) is 3. The van der Waals surface area contributed by atoms with Gasteiger partial charge in [0.1, 0.15) is 0 Å². The number of fused-ring (bicyclic) bond motifs is 7. The molecule has 0 saturated heterocycles. The van der Waals surface area contributed by atoms with Crippen molar-refractivity contribution in [2.45, 2.75) is 0 Å². The molecule has 0 N–H and O–H groups in total. The van der Waals surface area contributed by atoms with Crippen molar-refractivity contribution in [2.75, 3.05) is 4.90 Å². The van der Waals surface area contributed by atoms with E-state index in [1.165, 1.54) is 84.7 Å². The van der Waals surface area contributed by atoms with Gasteiger partial charge in [-0.2, -0.15) is 0 Å². The van der Waals surface area contributed by atoms with E-state index >= 15 is 0 Å². The van der Waals surface area contributed by atoms with Gasteiger partial charge in [-0.15, -0.1) is 22.7 Å². The van der Waals surface area contributed by atoms with Gasteiger partial charge in [0.05, 0.1) is 17.1 Å². The Hall–Kier alpha value is -5.74. The lowest BCUT2D eigenvalue weighted by Crippen LogP contribution is -2.12. The van der Waals surface area contributed by atoms with Crippen molar-refractivity contribution < 1.29 is 0 Å². The average molecular weight is 660 g/mol. The molecule has 0 aliphatic rings. The molecule has 0 radical (unpaired) electrons. The fraction of sp³-hybridized carbons (Fsp3) is 0. The number of hydrogen-bond donors (Lipinski definition) is 0. The van der Waals surface area contributed by atoms with Crippen molar-refractivity contribution in [3.63, 3.8) is 0 Å². The molecule has 10 aromatic rings. The molecule has 0 spiro atoms. The standard InChI is InChI=1S/C46H29NS2/c1-2-13-31(14-3-1)35-28-27-32(34-20-10-16-30-15-4-5-17-33(30)34)29-40(35)47(38-21-11-25-43-45(38)36-18-6-8-23-41(36)48-43)39-22-12-26-44-46(39)37-19-7-9-24-42(37)49-44/h1-29H. The number of benzene rings is 8.